The quantitative estimate of drug-likeness (QED) is 0.658. The lowest BCUT2D eigenvalue weighted by molar-refractivity contribution is -0.0904. The van der Waals surface area contributed by atoms with E-state index in [0.29, 0.717) is 6.04 Å². The van der Waals surface area contributed by atoms with Gasteiger partial charge in [0, 0.05) is 12.6 Å². The topological polar surface area (TPSA) is 21.3 Å². The predicted octanol–water partition coefficient (Wildman–Crippen LogP) is 4.78. The van der Waals surface area contributed by atoms with E-state index in [9.17, 15) is 0 Å². The van der Waals surface area contributed by atoms with Crippen LogP contribution in [0.4, 0.5) is 0 Å². The summed E-state index contributed by atoms with van der Waals surface area (Å²) >= 11 is 0. The van der Waals surface area contributed by atoms with Crippen molar-refractivity contribution in [3.8, 4) is 0 Å². The number of hydrogen-bond donors (Lipinski definition) is 1. The van der Waals surface area contributed by atoms with Gasteiger partial charge in [-0.1, -0.05) is 40.5 Å². The van der Waals surface area contributed by atoms with Crippen LogP contribution in [0.2, 0.25) is 0 Å². The predicted molar refractivity (Wildman–Crippen MR) is 88.1 cm³/mol. The van der Waals surface area contributed by atoms with Crippen LogP contribution in [-0.2, 0) is 4.74 Å². The van der Waals surface area contributed by atoms with E-state index in [1.165, 1.54) is 32.1 Å². The lowest BCUT2D eigenvalue weighted by Gasteiger charge is -2.46. The van der Waals surface area contributed by atoms with Crippen molar-refractivity contribution in [3.63, 3.8) is 0 Å². The van der Waals surface area contributed by atoms with Gasteiger partial charge in [0.2, 0.25) is 0 Å². The van der Waals surface area contributed by atoms with Crippen LogP contribution in [0.1, 0.15) is 79.6 Å². The summed E-state index contributed by atoms with van der Waals surface area (Å²) in [6.45, 7) is 13.4. The van der Waals surface area contributed by atoms with E-state index in [2.05, 4.69) is 39.9 Å². The molecule has 1 rings (SSSR count). The Morgan fingerprint density at radius 2 is 1.85 bits per heavy atom. The molecule has 2 heteroatoms. The summed E-state index contributed by atoms with van der Waals surface area (Å²) in [4.78, 5) is 0. The molecule has 120 valence electrons. The Morgan fingerprint density at radius 1 is 1.15 bits per heavy atom. The van der Waals surface area contributed by atoms with Gasteiger partial charge in [0.05, 0.1) is 5.60 Å². The van der Waals surface area contributed by atoms with Gasteiger partial charge in [0.1, 0.15) is 0 Å². The standard InChI is InChI=1S/C18H37NO/c1-6-13-19-17(16-12-10-11-15(5)14-16)18(7-2,8-3)20-9-4/h15-17,19H,6-14H2,1-5H3. The second kappa shape index (κ2) is 9.04. The Kier molecular flexibility index (Phi) is 8.13. The monoisotopic (exact) mass is 283 g/mol. The molecule has 0 aliphatic heterocycles. The number of ether oxygens (including phenoxy) is 1. The Balaban J connectivity index is 2.89. The van der Waals surface area contributed by atoms with Gasteiger partial charge in [-0.05, 0) is 57.4 Å². The first-order chi connectivity index (χ1) is 9.63. The molecule has 1 N–H and O–H groups in total. The normalized spacial score (nSPS) is 25.6. The average Bonchev–Trinajstić information content (AvgIpc) is 2.46. The molecular weight excluding hydrogens is 246 g/mol. The zero-order chi connectivity index (χ0) is 15.0. The summed E-state index contributed by atoms with van der Waals surface area (Å²) in [7, 11) is 0. The van der Waals surface area contributed by atoms with Crippen molar-refractivity contribution < 1.29 is 4.74 Å². The molecule has 0 aromatic rings. The summed E-state index contributed by atoms with van der Waals surface area (Å²) in [5, 5.41) is 3.86. The van der Waals surface area contributed by atoms with Crippen LogP contribution in [0.3, 0.4) is 0 Å². The molecule has 1 fully saturated rings. The third kappa shape index (κ3) is 4.46. The highest BCUT2D eigenvalue weighted by Crippen LogP contribution is 2.38. The molecule has 0 saturated heterocycles. The minimum Gasteiger partial charge on any atom is -0.374 e. The van der Waals surface area contributed by atoms with E-state index >= 15 is 0 Å². The van der Waals surface area contributed by atoms with Crippen molar-refractivity contribution in [2.24, 2.45) is 11.8 Å². The first kappa shape index (κ1) is 18.0. The summed E-state index contributed by atoms with van der Waals surface area (Å²) in [5.74, 6) is 1.67. The smallest absolute Gasteiger partial charge is 0.0832 e. The molecule has 20 heavy (non-hydrogen) atoms. The van der Waals surface area contributed by atoms with E-state index < -0.39 is 0 Å². The maximum Gasteiger partial charge on any atom is 0.0832 e. The highest BCUT2D eigenvalue weighted by atomic mass is 16.5. The van der Waals surface area contributed by atoms with Crippen LogP contribution in [0, 0.1) is 11.8 Å². The summed E-state index contributed by atoms with van der Waals surface area (Å²) in [5.41, 5.74) is 0.0334. The third-order valence-corrected chi connectivity index (χ3v) is 5.26. The lowest BCUT2D eigenvalue weighted by atomic mass is 9.71. The molecule has 0 aromatic heterocycles. The maximum atomic E-state index is 6.31. The fourth-order valence-electron chi connectivity index (χ4n) is 4.14. The minimum atomic E-state index is 0.0334. The summed E-state index contributed by atoms with van der Waals surface area (Å²) in [6, 6.07) is 0.528. The van der Waals surface area contributed by atoms with E-state index in [1.807, 2.05) is 0 Å². The van der Waals surface area contributed by atoms with Gasteiger partial charge in [-0.25, -0.2) is 0 Å². The van der Waals surface area contributed by atoms with E-state index in [4.69, 9.17) is 4.74 Å². The molecular formula is C18H37NO. The van der Waals surface area contributed by atoms with Gasteiger partial charge >= 0.3 is 0 Å². The Morgan fingerprint density at radius 3 is 2.35 bits per heavy atom. The fraction of sp³-hybridized carbons (Fsp3) is 1.00. The second-order valence-electron chi connectivity index (χ2n) is 6.67. The van der Waals surface area contributed by atoms with Gasteiger partial charge in [0.25, 0.3) is 0 Å². The number of nitrogens with one attached hydrogen (secondary N) is 1. The zero-order valence-electron chi connectivity index (χ0n) is 14.5. The van der Waals surface area contributed by atoms with Crippen LogP contribution >= 0.6 is 0 Å². The highest BCUT2D eigenvalue weighted by molar-refractivity contribution is 4.97. The molecule has 1 aliphatic carbocycles. The first-order valence-corrected chi connectivity index (χ1v) is 9.00. The van der Waals surface area contributed by atoms with Gasteiger partial charge in [0.15, 0.2) is 0 Å². The summed E-state index contributed by atoms with van der Waals surface area (Å²) < 4.78 is 6.31. The third-order valence-electron chi connectivity index (χ3n) is 5.26. The molecule has 0 heterocycles. The molecule has 0 spiro atoms. The minimum absolute atomic E-state index is 0.0334. The van der Waals surface area contributed by atoms with Crippen LogP contribution in [-0.4, -0.2) is 24.8 Å². The highest BCUT2D eigenvalue weighted by Gasteiger charge is 2.41. The van der Waals surface area contributed by atoms with Crippen LogP contribution in [0.15, 0.2) is 0 Å². The molecule has 0 aromatic carbocycles. The van der Waals surface area contributed by atoms with E-state index in [-0.39, 0.29) is 5.60 Å². The van der Waals surface area contributed by atoms with Crippen molar-refractivity contribution in [2.45, 2.75) is 91.2 Å². The zero-order valence-corrected chi connectivity index (χ0v) is 14.5. The van der Waals surface area contributed by atoms with Gasteiger partial charge < -0.3 is 10.1 Å². The molecule has 0 amide bonds. The molecule has 1 aliphatic rings. The molecule has 0 bridgehead atoms. The van der Waals surface area contributed by atoms with Crippen molar-refractivity contribution in [1.29, 1.82) is 0 Å². The fourth-order valence-corrected chi connectivity index (χ4v) is 4.14. The van der Waals surface area contributed by atoms with Crippen molar-refractivity contribution in [1.82, 2.24) is 5.32 Å². The average molecular weight is 284 g/mol. The van der Waals surface area contributed by atoms with Crippen LogP contribution < -0.4 is 5.32 Å². The molecule has 3 atom stereocenters. The Labute approximate surface area is 127 Å². The van der Waals surface area contributed by atoms with Gasteiger partial charge in [-0.3, -0.25) is 0 Å². The first-order valence-electron chi connectivity index (χ1n) is 9.00. The van der Waals surface area contributed by atoms with E-state index in [1.54, 1.807) is 0 Å². The lowest BCUT2D eigenvalue weighted by Crippen LogP contribution is -2.56. The molecule has 0 radical (unpaired) electrons. The number of hydrogen-bond acceptors (Lipinski definition) is 2. The molecule has 3 unspecified atom stereocenters. The Bertz CT molecular complexity index is 250. The van der Waals surface area contributed by atoms with Crippen LogP contribution in [0.25, 0.3) is 0 Å². The second-order valence-corrected chi connectivity index (χ2v) is 6.67. The van der Waals surface area contributed by atoms with Crippen LogP contribution in [0.5, 0.6) is 0 Å². The van der Waals surface area contributed by atoms with Gasteiger partial charge in [-0.2, -0.15) is 0 Å². The summed E-state index contributed by atoms with van der Waals surface area (Å²) in [6.07, 6.45) is 8.99. The van der Waals surface area contributed by atoms with Gasteiger partial charge in [-0.15, -0.1) is 0 Å². The number of rotatable bonds is 9. The van der Waals surface area contributed by atoms with E-state index in [0.717, 1.165) is 37.8 Å². The maximum absolute atomic E-state index is 6.31. The van der Waals surface area contributed by atoms with Crippen molar-refractivity contribution >= 4 is 0 Å². The largest absolute Gasteiger partial charge is 0.374 e. The van der Waals surface area contributed by atoms with Crippen molar-refractivity contribution in [2.75, 3.05) is 13.2 Å². The molecule has 1 saturated carbocycles. The SMILES string of the molecule is CCCNC(C1CCCC(C)C1)C(CC)(CC)OCC. The van der Waals surface area contributed by atoms with Crippen molar-refractivity contribution in [3.05, 3.63) is 0 Å². The Hall–Kier alpha value is -0.0800. The molecule has 2 nitrogen and oxygen atoms in total.